The van der Waals surface area contributed by atoms with Crippen molar-refractivity contribution in [3.8, 4) is 0 Å². The highest BCUT2D eigenvalue weighted by Gasteiger charge is 2.29. The number of allylic oxidation sites excluding steroid dienone is 1. The van der Waals surface area contributed by atoms with Gasteiger partial charge in [-0.25, -0.2) is 0 Å². The van der Waals surface area contributed by atoms with Gasteiger partial charge in [-0.05, 0) is 30.8 Å². The van der Waals surface area contributed by atoms with Crippen LogP contribution in [0.1, 0.15) is 39.3 Å². The van der Waals surface area contributed by atoms with Gasteiger partial charge in [-0.15, -0.1) is 0 Å². The lowest BCUT2D eigenvalue weighted by Gasteiger charge is -2.33. The second-order valence-corrected chi connectivity index (χ2v) is 5.96. The topological polar surface area (TPSA) is 43.8 Å². The van der Waals surface area contributed by atoms with E-state index < -0.39 is 0 Å². The zero-order chi connectivity index (χ0) is 12.6. The Labute approximate surface area is 108 Å². The molecule has 0 bridgehead atoms. The second-order valence-electron chi connectivity index (χ2n) is 5.56. The summed E-state index contributed by atoms with van der Waals surface area (Å²) >= 11 is 6.23. The van der Waals surface area contributed by atoms with Crippen LogP contribution in [0.25, 0.3) is 5.57 Å². The summed E-state index contributed by atoms with van der Waals surface area (Å²) in [7, 11) is 0. The van der Waals surface area contributed by atoms with Gasteiger partial charge in [0.1, 0.15) is 0 Å². The molecular formula is C13H20ClN3. The highest BCUT2D eigenvalue weighted by molar-refractivity contribution is 6.32. The molecule has 0 fully saturated rings. The minimum Gasteiger partial charge on any atom is -0.324 e. The third kappa shape index (κ3) is 2.55. The molecule has 4 heteroatoms. The SMILES string of the molecule is CCn1ncc(Cl)c1C1=CC(N)CC(C)(C)C1. The fourth-order valence-corrected chi connectivity index (χ4v) is 2.95. The fourth-order valence-electron chi connectivity index (χ4n) is 2.69. The Bertz CT molecular complexity index is 446. The van der Waals surface area contributed by atoms with Crippen molar-refractivity contribution in [2.45, 2.75) is 46.2 Å². The molecule has 1 aliphatic rings. The van der Waals surface area contributed by atoms with Crippen LogP contribution < -0.4 is 5.73 Å². The fraction of sp³-hybridized carbons (Fsp3) is 0.615. The smallest absolute Gasteiger partial charge is 0.0862 e. The minimum absolute atomic E-state index is 0.116. The Morgan fingerprint density at radius 1 is 1.59 bits per heavy atom. The van der Waals surface area contributed by atoms with Crippen molar-refractivity contribution < 1.29 is 0 Å². The molecule has 0 aromatic carbocycles. The van der Waals surface area contributed by atoms with E-state index in [1.54, 1.807) is 6.20 Å². The van der Waals surface area contributed by atoms with Crippen molar-refractivity contribution in [3.63, 3.8) is 0 Å². The van der Waals surface area contributed by atoms with Crippen molar-refractivity contribution >= 4 is 17.2 Å². The normalized spacial score (nSPS) is 23.6. The molecule has 0 spiro atoms. The van der Waals surface area contributed by atoms with Crippen molar-refractivity contribution in [1.82, 2.24) is 9.78 Å². The molecule has 0 radical (unpaired) electrons. The molecular weight excluding hydrogens is 234 g/mol. The van der Waals surface area contributed by atoms with Crippen molar-refractivity contribution in [2.75, 3.05) is 0 Å². The molecule has 0 saturated carbocycles. The third-order valence-corrected chi connectivity index (χ3v) is 3.55. The van der Waals surface area contributed by atoms with Crippen molar-refractivity contribution in [1.29, 1.82) is 0 Å². The quantitative estimate of drug-likeness (QED) is 0.880. The summed E-state index contributed by atoms with van der Waals surface area (Å²) in [4.78, 5) is 0. The largest absolute Gasteiger partial charge is 0.324 e. The summed E-state index contributed by atoms with van der Waals surface area (Å²) < 4.78 is 1.95. The van der Waals surface area contributed by atoms with Crippen LogP contribution in [0, 0.1) is 5.41 Å². The summed E-state index contributed by atoms with van der Waals surface area (Å²) in [6.07, 6.45) is 5.88. The second kappa shape index (κ2) is 4.46. The van der Waals surface area contributed by atoms with Crippen LogP contribution in [0.4, 0.5) is 0 Å². The Morgan fingerprint density at radius 3 is 2.88 bits per heavy atom. The summed E-state index contributed by atoms with van der Waals surface area (Å²) in [6, 6.07) is 0.116. The molecule has 17 heavy (non-hydrogen) atoms. The van der Waals surface area contributed by atoms with E-state index in [0.29, 0.717) is 0 Å². The molecule has 3 nitrogen and oxygen atoms in total. The zero-order valence-corrected chi connectivity index (χ0v) is 11.5. The van der Waals surface area contributed by atoms with Crippen LogP contribution in [-0.2, 0) is 6.54 Å². The van der Waals surface area contributed by atoms with Gasteiger partial charge >= 0.3 is 0 Å². The number of halogens is 1. The molecule has 1 aliphatic carbocycles. The first-order chi connectivity index (χ1) is 7.93. The van der Waals surface area contributed by atoms with Gasteiger partial charge in [0.15, 0.2) is 0 Å². The number of aryl methyl sites for hydroxylation is 1. The van der Waals surface area contributed by atoms with Crippen LogP contribution >= 0.6 is 11.6 Å². The standard InChI is InChI=1S/C13H20ClN3/c1-4-17-12(11(14)8-16-17)9-5-10(15)7-13(2,3)6-9/h5,8,10H,4,6-7,15H2,1-3H3. The first-order valence-corrected chi connectivity index (χ1v) is 6.49. The number of rotatable bonds is 2. The highest BCUT2D eigenvalue weighted by Crippen LogP contribution is 2.40. The summed E-state index contributed by atoms with van der Waals surface area (Å²) in [5, 5.41) is 5.01. The lowest BCUT2D eigenvalue weighted by Crippen LogP contribution is -2.31. The van der Waals surface area contributed by atoms with Crippen molar-refractivity contribution in [2.24, 2.45) is 11.1 Å². The average molecular weight is 254 g/mol. The predicted molar refractivity (Wildman–Crippen MR) is 71.9 cm³/mol. The van der Waals surface area contributed by atoms with Gasteiger partial charge in [-0.2, -0.15) is 5.10 Å². The van der Waals surface area contributed by atoms with Gasteiger partial charge in [-0.1, -0.05) is 31.5 Å². The molecule has 1 aromatic heterocycles. The maximum absolute atomic E-state index is 6.23. The first kappa shape index (κ1) is 12.7. The lowest BCUT2D eigenvalue weighted by molar-refractivity contribution is 0.318. The Balaban J connectivity index is 2.42. The number of nitrogens with zero attached hydrogens (tertiary/aromatic N) is 2. The monoisotopic (exact) mass is 253 g/mol. The van der Waals surface area contributed by atoms with E-state index in [-0.39, 0.29) is 11.5 Å². The van der Waals surface area contributed by atoms with Gasteiger partial charge in [0.2, 0.25) is 0 Å². The molecule has 2 rings (SSSR count). The van der Waals surface area contributed by atoms with E-state index in [1.165, 1.54) is 5.57 Å². The maximum Gasteiger partial charge on any atom is 0.0862 e. The zero-order valence-electron chi connectivity index (χ0n) is 10.7. The molecule has 0 saturated heterocycles. The van der Waals surface area contributed by atoms with Gasteiger partial charge in [0, 0.05) is 12.6 Å². The Morgan fingerprint density at radius 2 is 2.29 bits per heavy atom. The van der Waals surface area contributed by atoms with E-state index >= 15 is 0 Å². The van der Waals surface area contributed by atoms with E-state index in [4.69, 9.17) is 17.3 Å². The van der Waals surface area contributed by atoms with Crippen LogP contribution in [0.2, 0.25) is 5.02 Å². The Kier molecular flexibility index (Phi) is 3.32. The summed E-state index contributed by atoms with van der Waals surface area (Å²) in [6.45, 7) is 7.40. The molecule has 1 atom stereocenters. The van der Waals surface area contributed by atoms with E-state index in [1.807, 2.05) is 4.68 Å². The molecule has 2 N–H and O–H groups in total. The summed E-state index contributed by atoms with van der Waals surface area (Å²) in [5.74, 6) is 0. The molecule has 94 valence electrons. The number of hydrogen-bond acceptors (Lipinski definition) is 2. The van der Waals surface area contributed by atoms with Gasteiger partial charge in [-0.3, -0.25) is 4.68 Å². The van der Waals surface area contributed by atoms with Gasteiger partial charge in [0.25, 0.3) is 0 Å². The molecule has 1 unspecified atom stereocenters. The Hall–Kier alpha value is -0.800. The van der Waals surface area contributed by atoms with E-state index in [2.05, 4.69) is 31.9 Å². The molecule has 0 amide bonds. The lowest BCUT2D eigenvalue weighted by atomic mass is 9.75. The number of nitrogens with two attached hydrogens (primary N) is 1. The third-order valence-electron chi connectivity index (χ3n) is 3.27. The molecule has 1 aromatic rings. The summed E-state index contributed by atoms with van der Waals surface area (Å²) in [5.41, 5.74) is 8.60. The number of hydrogen-bond donors (Lipinski definition) is 1. The van der Waals surface area contributed by atoms with Crippen LogP contribution in [0.5, 0.6) is 0 Å². The molecule has 1 heterocycles. The van der Waals surface area contributed by atoms with Crippen LogP contribution in [0.3, 0.4) is 0 Å². The maximum atomic E-state index is 6.23. The van der Waals surface area contributed by atoms with E-state index in [9.17, 15) is 0 Å². The van der Waals surface area contributed by atoms with Crippen LogP contribution in [-0.4, -0.2) is 15.8 Å². The van der Waals surface area contributed by atoms with Crippen LogP contribution in [0.15, 0.2) is 12.3 Å². The van der Waals surface area contributed by atoms with Crippen molar-refractivity contribution in [3.05, 3.63) is 23.0 Å². The van der Waals surface area contributed by atoms with Gasteiger partial charge in [0.05, 0.1) is 16.9 Å². The van der Waals surface area contributed by atoms with Gasteiger partial charge < -0.3 is 5.73 Å². The van der Waals surface area contributed by atoms with E-state index in [0.717, 1.165) is 30.1 Å². The average Bonchev–Trinajstić information content (AvgIpc) is 2.56. The highest BCUT2D eigenvalue weighted by atomic mass is 35.5. The minimum atomic E-state index is 0.116. The molecule has 0 aliphatic heterocycles. The first-order valence-electron chi connectivity index (χ1n) is 6.11. The predicted octanol–water partition coefficient (Wildman–Crippen LogP) is 3.09. The number of aromatic nitrogens is 2.